The standard InChI is InChI=1S/C18H18BrFN2O2/c1-11(2)16(18(24)21-13-7-5-6-12(19)10-13)22-17(23)14-8-3-4-9-15(14)20/h3-11,16H,1-2H3,(H,21,24)(H,22,23). The lowest BCUT2D eigenvalue weighted by atomic mass is 10.0. The number of hydrogen-bond acceptors (Lipinski definition) is 2. The van der Waals surface area contributed by atoms with Crippen molar-refractivity contribution in [2.24, 2.45) is 5.92 Å². The molecule has 0 bridgehead atoms. The van der Waals surface area contributed by atoms with E-state index in [-0.39, 0.29) is 17.4 Å². The van der Waals surface area contributed by atoms with Crippen molar-refractivity contribution in [2.75, 3.05) is 5.32 Å². The molecule has 6 heteroatoms. The van der Waals surface area contributed by atoms with Gasteiger partial charge in [-0.2, -0.15) is 0 Å². The molecule has 0 fully saturated rings. The Morgan fingerprint density at radius 1 is 1.08 bits per heavy atom. The van der Waals surface area contributed by atoms with Crippen LogP contribution in [0.2, 0.25) is 0 Å². The number of halogens is 2. The zero-order valence-electron chi connectivity index (χ0n) is 13.3. The first-order valence-corrected chi connectivity index (χ1v) is 8.29. The summed E-state index contributed by atoms with van der Waals surface area (Å²) < 4.78 is 14.5. The summed E-state index contributed by atoms with van der Waals surface area (Å²) in [6, 6.07) is 12.0. The van der Waals surface area contributed by atoms with Crippen molar-refractivity contribution in [2.45, 2.75) is 19.9 Å². The topological polar surface area (TPSA) is 58.2 Å². The van der Waals surface area contributed by atoms with Gasteiger partial charge < -0.3 is 10.6 Å². The molecule has 2 rings (SSSR count). The summed E-state index contributed by atoms with van der Waals surface area (Å²) >= 11 is 3.33. The van der Waals surface area contributed by atoms with Crippen molar-refractivity contribution < 1.29 is 14.0 Å². The number of benzene rings is 2. The molecule has 0 spiro atoms. The molecule has 0 aliphatic carbocycles. The van der Waals surface area contributed by atoms with Gasteiger partial charge in [-0.25, -0.2) is 4.39 Å². The molecule has 0 radical (unpaired) electrons. The van der Waals surface area contributed by atoms with Gasteiger partial charge in [0, 0.05) is 10.2 Å². The average Bonchev–Trinajstić information content (AvgIpc) is 2.52. The van der Waals surface area contributed by atoms with E-state index in [9.17, 15) is 14.0 Å². The quantitative estimate of drug-likeness (QED) is 0.808. The molecular formula is C18H18BrFN2O2. The van der Waals surface area contributed by atoms with Gasteiger partial charge in [0.05, 0.1) is 5.56 Å². The van der Waals surface area contributed by atoms with E-state index < -0.39 is 17.8 Å². The first-order valence-electron chi connectivity index (χ1n) is 7.50. The smallest absolute Gasteiger partial charge is 0.254 e. The third kappa shape index (κ3) is 4.64. The van der Waals surface area contributed by atoms with E-state index in [4.69, 9.17) is 0 Å². The maximum Gasteiger partial charge on any atom is 0.254 e. The van der Waals surface area contributed by atoms with Crippen LogP contribution in [-0.2, 0) is 4.79 Å². The van der Waals surface area contributed by atoms with E-state index in [2.05, 4.69) is 26.6 Å². The molecule has 2 N–H and O–H groups in total. The van der Waals surface area contributed by atoms with Gasteiger partial charge in [-0.3, -0.25) is 9.59 Å². The summed E-state index contributed by atoms with van der Waals surface area (Å²) in [4.78, 5) is 24.7. The predicted molar refractivity (Wildman–Crippen MR) is 95.3 cm³/mol. The molecule has 126 valence electrons. The molecule has 2 amide bonds. The van der Waals surface area contributed by atoms with Crippen LogP contribution < -0.4 is 10.6 Å². The highest BCUT2D eigenvalue weighted by atomic mass is 79.9. The van der Waals surface area contributed by atoms with Gasteiger partial charge in [-0.05, 0) is 36.2 Å². The summed E-state index contributed by atoms with van der Waals surface area (Å²) in [6.45, 7) is 3.62. The van der Waals surface area contributed by atoms with Crippen LogP contribution in [0.1, 0.15) is 24.2 Å². The highest BCUT2D eigenvalue weighted by Crippen LogP contribution is 2.17. The first-order chi connectivity index (χ1) is 11.4. The minimum Gasteiger partial charge on any atom is -0.340 e. The van der Waals surface area contributed by atoms with Crippen LogP contribution in [0, 0.1) is 11.7 Å². The van der Waals surface area contributed by atoms with Gasteiger partial charge in [0.25, 0.3) is 5.91 Å². The zero-order valence-corrected chi connectivity index (χ0v) is 14.9. The Hall–Kier alpha value is -2.21. The maximum atomic E-state index is 13.7. The SMILES string of the molecule is CC(C)C(NC(=O)c1ccccc1F)C(=O)Nc1cccc(Br)c1. The van der Waals surface area contributed by atoms with Crippen LogP contribution in [0.25, 0.3) is 0 Å². The first kappa shape index (κ1) is 18.1. The van der Waals surface area contributed by atoms with Gasteiger partial charge in [0.15, 0.2) is 0 Å². The molecule has 2 aromatic carbocycles. The number of rotatable bonds is 5. The van der Waals surface area contributed by atoms with Crippen molar-refractivity contribution in [3.05, 3.63) is 64.4 Å². The van der Waals surface area contributed by atoms with Crippen LogP contribution in [0.15, 0.2) is 53.0 Å². The fraction of sp³-hybridized carbons (Fsp3) is 0.222. The Morgan fingerprint density at radius 2 is 1.79 bits per heavy atom. The molecular weight excluding hydrogens is 375 g/mol. The zero-order chi connectivity index (χ0) is 17.7. The lowest BCUT2D eigenvalue weighted by Gasteiger charge is -2.22. The lowest BCUT2D eigenvalue weighted by Crippen LogP contribution is -2.47. The van der Waals surface area contributed by atoms with Crippen molar-refractivity contribution in [1.29, 1.82) is 0 Å². The Kier molecular flexibility index (Phi) is 6.09. The number of nitrogens with one attached hydrogen (secondary N) is 2. The van der Waals surface area contributed by atoms with Crippen LogP contribution >= 0.6 is 15.9 Å². The van der Waals surface area contributed by atoms with Crippen molar-refractivity contribution >= 4 is 33.4 Å². The Bertz CT molecular complexity index is 749. The molecule has 0 aliphatic rings. The van der Waals surface area contributed by atoms with Gasteiger partial charge in [-0.15, -0.1) is 0 Å². The number of anilines is 1. The van der Waals surface area contributed by atoms with E-state index in [0.29, 0.717) is 5.69 Å². The Morgan fingerprint density at radius 3 is 2.42 bits per heavy atom. The van der Waals surface area contributed by atoms with E-state index in [1.54, 1.807) is 24.3 Å². The second kappa shape index (κ2) is 8.06. The lowest BCUT2D eigenvalue weighted by molar-refractivity contribution is -0.118. The van der Waals surface area contributed by atoms with Crippen molar-refractivity contribution in [3.8, 4) is 0 Å². The summed E-state index contributed by atoms with van der Waals surface area (Å²) in [5.41, 5.74) is 0.526. The molecule has 4 nitrogen and oxygen atoms in total. The second-order valence-corrected chi connectivity index (χ2v) is 6.59. The molecule has 2 aromatic rings. The third-order valence-electron chi connectivity index (χ3n) is 3.45. The summed E-state index contributed by atoms with van der Waals surface area (Å²) in [5.74, 6) is -1.75. The number of amides is 2. The van der Waals surface area contributed by atoms with Gasteiger partial charge in [-0.1, -0.05) is 48.0 Å². The van der Waals surface area contributed by atoms with E-state index >= 15 is 0 Å². The minimum absolute atomic E-state index is 0.0848. The number of carbonyl (C=O) groups is 2. The molecule has 0 saturated carbocycles. The van der Waals surface area contributed by atoms with E-state index in [1.165, 1.54) is 18.2 Å². The predicted octanol–water partition coefficient (Wildman–Crippen LogP) is 3.98. The molecule has 0 saturated heterocycles. The van der Waals surface area contributed by atoms with Crippen LogP contribution in [0.3, 0.4) is 0 Å². The van der Waals surface area contributed by atoms with Gasteiger partial charge in [0.2, 0.25) is 5.91 Å². The summed E-state index contributed by atoms with van der Waals surface area (Å²) in [6.07, 6.45) is 0. The number of hydrogen-bond donors (Lipinski definition) is 2. The van der Waals surface area contributed by atoms with Crippen LogP contribution in [0.5, 0.6) is 0 Å². The summed E-state index contributed by atoms with van der Waals surface area (Å²) in [7, 11) is 0. The molecule has 1 unspecified atom stereocenters. The molecule has 0 aliphatic heterocycles. The third-order valence-corrected chi connectivity index (χ3v) is 3.94. The number of carbonyl (C=O) groups excluding carboxylic acids is 2. The molecule has 0 aromatic heterocycles. The molecule has 24 heavy (non-hydrogen) atoms. The fourth-order valence-corrected chi connectivity index (χ4v) is 2.58. The Balaban J connectivity index is 2.13. The molecule has 1 atom stereocenters. The van der Waals surface area contributed by atoms with E-state index in [0.717, 1.165) is 4.47 Å². The monoisotopic (exact) mass is 392 g/mol. The van der Waals surface area contributed by atoms with E-state index in [1.807, 2.05) is 19.9 Å². The van der Waals surface area contributed by atoms with Crippen molar-refractivity contribution in [3.63, 3.8) is 0 Å². The summed E-state index contributed by atoms with van der Waals surface area (Å²) in [5, 5.41) is 5.36. The molecule has 0 heterocycles. The second-order valence-electron chi connectivity index (χ2n) is 5.67. The van der Waals surface area contributed by atoms with Crippen LogP contribution in [-0.4, -0.2) is 17.9 Å². The van der Waals surface area contributed by atoms with Crippen molar-refractivity contribution in [1.82, 2.24) is 5.32 Å². The Labute approximate surface area is 148 Å². The highest BCUT2D eigenvalue weighted by molar-refractivity contribution is 9.10. The van der Waals surface area contributed by atoms with Gasteiger partial charge in [0.1, 0.15) is 11.9 Å². The minimum atomic E-state index is -0.781. The normalized spacial score (nSPS) is 11.9. The van der Waals surface area contributed by atoms with Gasteiger partial charge >= 0.3 is 0 Å². The highest BCUT2D eigenvalue weighted by Gasteiger charge is 2.25. The fourth-order valence-electron chi connectivity index (χ4n) is 2.19. The maximum absolute atomic E-state index is 13.7. The average molecular weight is 393 g/mol. The van der Waals surface area contributed by atoms with Crippen LogP contribution in [0.4, 0.5) is 10.1 Å². The largest absolute Gasteiger partial charge is 0.340 e.